The van der Waals surface area contributed by atoms with E-state index in [1.807, 2.05) is 19.1 Å². The fraction of sp³-hybridized carbons (Fsp3) is 0.316. The molecule has 0 aromatic heterocycles. The fourth-order valence-electron chi connectivity index (χ4n) is 2.13. The van der Waals surface area contributed by atoms with E-state index in [-0.39, 0.29) is 25.5 Å². The molecule has 0 heterocycles. The minimum absolute atomic E-state index is 0.0728. The summed E-state index contributed by atoms with van der Waals surface area (Å²) in [6.07, 6.45) is -5.43. The summed E-state index contributed by atoms with van der Waals surface area (Å²) in [5, 5.41) is 12.3. The number of nitrogens with one attached hydrogen (secondary N) is 1. The van der Waals surface area contributed by atoms with Crippen LogP contribution in [0.3, 0.4) is 0 Å². The molecule has 0 saturated heterocycles. The van der Waals surface area contributed by atoms with Gasteiger partial charge in [-0.05, 0) is 48.9 Å². The van der Waals surface area contributed by atoms with Crippen LogP contribution in [-0.4, -0.2) is 36.9 Å². The molecule has 0 fully saturated rings. The lowest BCUT2D eigenvalue weighted by molar-refractivity contribution is -0.137. The summed E-state index contributed by atoms with van der Waals surface area (Å²) in [5.74, 6) is 0.345. The zero-order chi connectivity index (χ0) is 19.9. The average molecular weight is 383 g/mol. The molecule has 0 saturated carbocycles. The van der Waals surface area contributed by atoms with E-state index in [0.29, 0.717) is 5.75 Å². The van der Waals surface area contributed by atoms with Crippen molar-refractivity contribution >= 4 is 5.91 Å². The van der Waals surface area contributed by atoms with Crippen molar-refractivity contribution in [3.8, 4) is 11.5 Å². The molecule has 5 nitrogen and oxygen atoms in total. The fourth-order valence-corrected chi connectivity index (χ4v) is 2.13. The number of aryl methyl sites for hydroxylation is 1. The Morgan fingerprint density at radius 1 is 1.11 bits per heavy atom. The van der Waals surface area contributed by atoms with Crippen LogP contribution >= 0.6 is 0 Å². The number of hydrogen-bond donors (Lipinski definition) is 2. The maximum Gasteiger partial charge on any atom is 0.416 e. The molecule has 8 heteroatoms. The quantitative estimate of drug-likeness (QED) is 0.736. The van der Waals surface area contributed by atoms with E-state index in [9.17, 15) is 23.1 Å². The van der Waals surface area contributed by atoms with Crippen molar-refractivity contribution in [1.29, 1.82) is 0 Å². The molecule has 2 N–H and O–H groups in total. The Balaban J connectivity index is 1.68. The Kier molecular flexibility index (Phi) is 7.06. The molecular formula is C19H20F3NO4. The first-order valence-corrected chi connectivity index (χ1v) is 8.18. The van der Waals surface area contributed by atoms with E-state index in [2.05, 4.69) is 5.32 Å². The smallest absolute Gasteiger partial charge is 0.416 e. The Morgan fingerprint density at radius 3 is 2.44 bits per heavy atom. The molecule has 146 valence electrons. The van der Waals surface area contributed by atoms with Gasteiger partial charge in [-0.3, -0.25) is 4.79 Å². The number of aliphatic hydroxyl groups excluding tert-OH is 1. The molecular weight excluding hydrogens is 363 g/mol. The largest absolute Gasteiger partial charge is 0.491 e. The number of hydrogen-bond acceptors (Lipinski definition) is 4. The molecule has 0 aliphatic heterocycles. The topological polar surface area (TPSA) is 67.8 Å². The highest BCUT2D eigenvalue weighted by Gasteiger charge is 2.30. The highest BCUT2D eigenvalue weighted by atomic mass is 19.4. The lowest BCUT2D eigenvalue weighted by Gasteiger charge is -2.14. The van der Waals surface area contributed by atoms with Crippen LogP contribution in [0.2, 0.25) is 0 Å². The molecule has 0 aliphatic rings. The van der Waals surface area contributed by atoms with Gasteiger partial charge in [0, 0.05) is 6.54 Å². The molecule has 27 heavy (non-hydrogen) atoms. The Morgan fingerprint density at radius 2 is 1.81 bits per heavy atom. The van der Waals surface area contributed by atoms with Crippen LogP contribution in [0.5, 0.6) is 11.5 Å². The second-order valence-corrected chi connectivity index (χ2v) is 5.90. The minimum Gasteiger partial charge on any atom is -0.491 e. The van der Waals surface area contributed by atoms with Crippen molar-refractivity contribution in [2.75, 3.05) is 19.8 Å². The lowest BCUT2D eigenvalue weighted by Crippen LogP contribution is -2.37. The molecule has 2 aromatic rings. The van der Waals surface area contributed by atoms with Gasteiger partial charge in [-0.15, -0.1) is 0 Å². The highest BCUT2D eigenvalue weighted by Crippen LogP contribution is 2.30. The summed E-state index contributed by atoms with van der Waals surface area (Å²) in [6, 6.07) is 11.4. The monoisotopic (exact) mass is 383 g/mol. The number of carbonyl (C=O) groups is 1. The zero-order valence-corrected chi connectivity index (χ0v) is 14.6. The van der Waals surface area contributed by atoms with Crippen LogP contribution in [0.4, 0.5) is 13.2 Å². The van der Waals surface area contributed by atoms with Crippen LogP contribution < -0.4 is 14.8 Å². The maximum atomic E-state index is 12.5. The number of aliphatic hydroxyl groups is 1. The van der Waals surface area contributed by atoms with Crippen molar-refractivity contribution in [2.24, 2.45) is 0 Å². The molecule has 0 bridgehead atoms. The van der Waals surface area contributed by atoms with Gasteiger partial charge in [-0.25, -0.2) is 0 Å². The van der Waals surface area contributed by atoms with Gasteiger partial charge in [0.1, 0.15) is 24.2 Å². The third kappa shape index (κ3) is 7.18. The average Bonchev–Trinajstić information content (AvgIpc) is 2.62. The molecule has 1 unspecified atom stereocenters. The molecule has 1 amide bonds. The Labute approximate surface area is 154 Å². The van der Waals surface area contributed by atoms with Crippen molar-refractivity contribution in [1.82, 2.24) is 5.32 Å². The lowest BCUT2D eigenvalue weighted by atomic mass is 10.2. The summed E-state index contributed by atoms with van der Waals surface area (Å²) in [6.45, 7) is 1.46. The van der Waals surface area contributed by atoms with Crippen LogP contribution in [-0.2, 0) is 11.0 Å². The van der Waals surface area contributed by atoms with E-state index >= 15 is 0 Å². The van der Waals surface area contributed by atoms with Crippen LogP contribution in [0.25, 0.3) is 0 Å². The summed E-state index contributed by atoms with van der Waals surface area (Å²) >= 11 is 0. The number of carbonyl (C=O) groups excluding carboxylic acids is 1. The second-order valence-electron chi connectivity index (χ2n) is 5.90. The molecule has 0 aliphatic carbocycles. The molecule has 2 rings (SSSR count). The second kappa shape index (κ2) is 9.27. The van der Waals surface area contributed by atoms with Crippen molar-refractivity contribution in [3.63, 3.8) is 0 Å². The van der Waals surface area contributed by atoms with Gasteiger partial charge >= 0.3 is 6.18 Å². The van der Waals surface area contributed by atoms with Crippen LogP contribution in [0.15, 0.2) is 48.5 Å². The van der Waals surface area contributed by atoms with E-state index in [1.54, 1.807) is 12.1 Å². The summed E-state index contributed by atoms with van der Waals surface area (Å²) in [5.41, 5.74) is 0.222. The van der Waals surface area contributed by atoms with E-state index in [1.165, 1.54) is 12.1 Å². The first-order valence-electron chi connectivity index (χ1n) is 8.18. The number of rotatable bonds is 8. The predicted octanol–water partition coefficient (Wildman–Crippen LogP) is 2.95. The number of ether oxygens (including phenoxy) is 2. The minimum atomic E-state index is -4.41. The van der Waals surface area contributed by atoms with Gasteiger partial charge < -0.3 is 19.9 Å². The zero-order valence-electron chi connectivity index (χ0n) is 14.6. The van der Waals surface area contributed by atoms with E-state index < -0.39 is 23.8 Å². The van der Waals surface area contributed by atoms with Gasteiger partial charge in [0.15, 0.2) is 6.61 Å². The summed E-state index contributed by atoms with van der Waals surface area (Å²) in [7, 11) is 0. The van der Waals surface area contributed by atoms with Crippen molar-refractivity contribution in [2.45, 2.75) is 19.2 Å². The van der Waals surface area contributed by atoms with Gasteiger partial charge in [-0.2, -0.15) is 13.2 Å². The van der Waals surface area contributed by atoms with E-state index in [4.69, 9.17) is 9.47 Å². The highest BCUT2D eigenvalue weighted by molar-refractivity contribution is 5.77. The van der Waals surface area contributed by atoms with Crippen molar-refractivity contribution in [3.05, 3.63) is 59.7 Å². The van der Waals surface area contributed by atoms with Crippen LogP contribution in [0.1, 0.15) is 11.1 Å². The molecule has 2 aromatic carbocycles. The van der Waals surface area contributed by atoms with Crippen molar-refractivity contribution < 1.29 is 32.5 Å². The normalized spacial score (nSPS) is 12.3. The Hall–Kier alpha value is -2.74. The summed E-state index contributed by atoms with van der Waals surface area (Å²) in [4.78, 5) is 11.7. The third-order valence-electron chi connectivity index (χ3n) is 3.52. The maximum absolute atomic E-state index is 12.5. The number of benzene rings is 2. The molecule has 1 atom stereocenters. The SMILES string of the molecule is Cc1cccc(OCC(=O)NCC(O)COc2ccc(C(F)(F)F)cc2)c1. The first-order chi connectivity index (χ1) is 12.7. The number of alkyl halides is 3. The number of amides is 1. The first kappa shape index (κ1) is 20.6. The Bertz CT molecular complexity index is 747. The molecule has 0 spiro atoms. The predicted molar refractivity (Wildman–Crippen MR) is 92.6 cm³/mol. The third-order valence-corrected chi connectivity index (χ3v) is 3.52. The number of halogens is 3. The van der Waals surface area contributed by atoms with E-state index in [0.717, 1.165) is 17.7 Å². The summed E-state index contributed by atoms with van der Waals surface area (Å²) < 4.78 is 48.0. The standard InChI is InChI=1S/C19H20F3NO4/c1-13-3-2-4-17(9-13)27-12-18(25)23-10-15(24)11-26-16-7-5-14(6-8-16)19(20,21)22/h2-9,15,24H,10-12H2,1H3,(H,23,25). The van der Waals surface area contributed by atoms with Gasteiger partial charge in [0.25, 0.3) is 5.91 Å². The van der Waals surface area contributed by atoms with Gasteiger partial charge in [0.05, 0.1) is 5.56 Å². The van der Waals surface area contributed by atoms with Gasteiger partial charge in [0.2, 0.25) is 0 Å². The van der Waals surface area contributed by atoms with Crippen LogP contribution in [0, 0.1) is 6.92 Å². The molecule has 0 radical (unpaired) electrons. The van der Waals surface area contributed by atoms with Gasteiger partial charge in [-0.1, -0.05) is 12.1 Å².